The molecule has 0 aromatic rings. The first-order valence-corrected chi connectivity index (χ1v) is 22.6. The van der Waals surface area contributed by atoms with Gasteiger partial charge >= 0.3 is 11.9 Å². The lowest BCUT2D eigenvalue weighted by atomic mass is 9.82. The molecular formula is C47H75NO17. The smallest absolute Gasteiger partial charge is 0.311 e. The number of fused-ring (bicyclic) bond motifs is 2. The fourth-order valence-electron chi connectivity index (χ4n) is 8.13. The van der Waals surface area contributed by atoms with Crippen LogP contribution in [0.25, 0.3) is 0 Å². The fraction of sp³-hybridized carbons (Fsp3) is 0.702. The van der Waals surface area contributed by atoms with Gasteiger partial charge < -0.3 is 80.9 Å². The van der Waals surface area contributed by atoms with Crippen LogP contribution in [0, 0.1) is 17.8 Å². The summed E-state index contributed by atoms with van der Waals surface area (Å²) in [6, 6.07) is -1.14. The molecule has 19 unspecified atom stereocenters. The molecule has 0 amide bonds. The molecule has 370 valence electrons. The number of esters is 1. The molecule has 0 saturated carbocycles. The molecule has 19 atom stereocenters. The van der Waals surface area contributed by atoms with E-state index in [1.165, 1.54) is 13.0 Å². The van der Waals surface area contributed by atoms with E-state index in [9.17, 15) is 65.8 Å². The van der Waals surface area contributed by atoms with Crippen molar-refractivity contribution in [1.29, 1.82) is 0 Å². The molecule has 65 heavy (non-hydrogen) atoms. The molecule has 0 aromatic carbocycles. The number of allylic oxidation sites excluding steroid dienone is 10. The Kier molecular flexibility index (Phi) is 23.8. The quantitative estimate of drug-likeness (QED) is 0.175. The highest BCUT2D eigenvalue weighted by Gasteiger charge is 2.51. The van der Waals surface area contributed by atoms with Crippen LogP contribution in [-0.4, -0.2) is 166 Å². The van der Waals surface area contributed by atoms with Crippen LogP contribution in [0.3, 0.4) is 0 Å². The number of cyclic esters (lactones) is 1. The largest absolute Gasteiger partial charge is 0.481 e. The number of carboxylic acid groups (broad SMARTS) is 1. The molecule has 2 bridgehead atoms. The normalized spacial score (nSPS) is 45.2. The second kappa shape index (κ2) is 27.6. The van der Waals surface area contributed by atoms with Gasteiger partial charge in [0.2, 0.25) is 0 Å². The average Bonchev–Trinajstić information content (AvgIpc) is 3.21. The lowest BCUT2D eigenvalue weighted by Crippen LogP contribution is -2.61. The Morgan fingerprint density at radius 2 is 1.31 bits per heavy atom. The van der Waals surface area contributed by atoms with Gasteiger partial charge in [-0.15, -0.1) is 0 Å². The molecule has 18 heteroatoms. The van der Waals surface area contributed by atoms with E-state index >= 15 is 0 Å². The number of carbonyl (C=O) groups is 2. The van der Waals surface area contributed by atoms with Crippen molar-refractivity contribution in [2.45, 2.75) is 189 Å². The molecule has 3 rings (SSSR count). The number of hydrogen-bond donors (Lipinski definition) is 12. The van der Waals surface area contributed by atoms with Crippen LogP contribution < -0.4 is 5.73 Å². The third-order valence-electron chi connectivity index (χ3n) is 12.2. The van der Waals surface area contributed by atoms with E-state index < -0.39 is 147 Å². The maximum Gasteiger partial charge on any atom is 0.311 e. The van der Waals surface area contributed by atoms with Crippen LogP contribution in [0.15, 0.2) is 72.9 Å². The number of rotatable bonds is 3. The summed E-state index contributed by atoms with van der Waals surface area (Å²) in [5, 5.41) is 118. The van der Waals surface area contributed by atoms with Crippen LogP contribution in [0.1, 0.15) is 91.9 Å². The summed E-state index contributed by atoms with van der Waals surface area (Å²) in [6.07, 6.45) is 2.26. The topological polar surface area (TPSA) is 320 Å². The number of ether oxygens (including phenoxy) is 4. The molecule has 18 nitrogen and oxygen atoms in total. The molecule has 13 N–H and O–H groups in total. The van der Waals surface area contributed by atoms with Crippen LogP contribution in [0.5, 0.6) is 0 Å². The predicted molar refractivity (Wildman–Crippen MR) is 237 cm³/mol. The molecule has 3 heterocycles. The average molecular weight is 926 g/mol. The zero-order valence-corrected chi connectivity index (χ0v) is 37.8. The van der Waals surface area contributed by atoms with Gasteiger partial charge in [0, 0.05) is 37.5 Å². The Labute approximate surface area is 381 Å². The third-order valence-corrected chi connectivity index (χ3v) is 12.2. The number of aliphatic carboxylic acids is 1. The third kappa shape index (κ3) is 18.8. The molecule has 0 aromatic heterocycles. The fourth-order valence-corrected chi connectivity index (χ4v) is 8.13. The minimum Gasteiger partial charge on any atom is -0.481 e. The van der Waals surface area contributed by atoms with Gasteiger partial charge in [0.25, 0.3) is 0 Å². The molecule has 3 aliphatic heterocycles. The summed E-state index contributed by atoms with van der Waals surface area (Å²) in [5.74, 6) is -6.77. The summed E-state index contributed by atoms with van der Waals surface area (Å²) in [4.78, 5) is 25.1. The summed E-state index contributed by atoms with van der Waals surface area (Å²) in [7, 11) is 0. The summed E-state index contributed by atoms with van der Waals surface area (Å²) in [5.41, 5.74) is 6.02. The molecule has 0 aliphatic carbocycles. The number of carbonyl (C=O) groups excluding carboxylic acids is 1. The second-order valence-electron chi connectivity index (χ2n) is 17.8. The SMILES string of the molecule is CC1/C=C/C=C\CC/C=C/C=C\C=C\C=C\C(OC2OC(C)C(O)C(N)C2O)CC2OC(O)(CC(O)CC(O)C(O)CCC(O)CC(O)CC(=O)OC(C)C(C)C1O)CC(O)C2C(=O)O. The van der Waals surface area contributed by atoms with E-state index in [1.807, 2.05) is 49.5 Å². The van der Waals surface area contributed by atoms with Gasteiger partial charge in [-0.25, -0.2) is 0 Å². The van der Waals surface area contributed by atoms with Crippen molar-refractivity contribution in [3.8, 4) is 0 Å². The van der Waals surface area contributed by atoms with Crippen molar-refractivity contribution < 1.29 is 84.7 Å². The van der Waals surface area contributed by atoms with Crippen molar-refractivity contribution in [3.63, 3.8) is 0 Å². The first kappa shape index (κ1) is 56.1. The zero-order chi connectivity index (χ0) is 48.4. The van der Waals surface area contributed by atoms with Gasteiger partial charge in [0.05, 0.1) is 79.6 Å². The maximum atomic E-state index is 12.6. The summed E-state index contributed by atoms with van der Waals surface area (Å²) >= 11 is 0. The van der Waals surface area contributed by atoms with Crippen molar-refractivity contribution in [2.75, 3.05) is 0 Å². The van der Waals surface area contributed by atoms with Gasteiger partial charge in [-0.2, -0.15) is 0 Å². The van der Waals surface area contributed by atoms with Crippen molar-refractivity contribution in [1.82, 2.24) is 0 Å². The van der Waals surface area contributed by atoms with E-state index in [0.717, 1.165) is 12.8 Å². The number of aliphatic hydroxyl groups excluding tert-OH is 9. The lowest BCUT2D eigenvalue weighted by molar-refractivity contribution is -0.308. The van der Waals surface area contributed by atoms with Crippen molar-refractivity contribution in [2.24, 2.45) is 23.5 Å². The van der Waals surface area contributed by atoms with Crippen LogP contribution >= 0.6 is 0 Å². The molecular weight excluding hydrogens is 851 g/mol. The lowest BCUT2D eigenvalue weighted by Gasteiger charge is -2.45. The second-order valence-corrected chi connectivity index (χ2v) is 17.8. The highest BCUT2D eigenvalue weighted by atomic mass is 16.7. The number of aliphatic hydroxyl groups is 10. The Hall–Kier alpha value is -3.18. The van der Waals surface area contributed by atoms with Crippen LogP contribution in [0.4, 0.5) is 0 Å². The van der Waals surface area contributed by atoms with Crippen LogP contribution in [0.2, 0.25) is 0 Å². The molecule has 0 spiro atoms. The molecule has 3 aliphatic rings. The highest BCUT2D eigenvalue weighted by Crippen LogP contribution is 2.38. The predicted octanol–water partition coefficient (Wildman–Crippen LogP) is 0.936. The minimum absolute atomic E-state index is 0.103. The van der Waals surface area contributed by atoms with Gasteiger partial charge in [0.1, 0.15) is 18.1 Å². The summed E-state index contributed by atoms with van der Waals surface area (Å²) < 4.78 is 23.2. The van der Waals surface area contributed by atoms with E-state index in [-0.39, 0.29) is 31.6 Å². The zero-order valence-electron chi connectivity index (χ0n) is 37.8. The number of nitrogens with two attached hydrogens (primary N) is 1. The van der Waals surface area contributed by atoms with E-state index in [1.54, 1.807) is 38.2 Å². The number of carboxylic acids is 1. The van der Waals surface area contributed by atoms with E-state index in [4.69, 9.17) is 24.7 Å². The van der Waals surface area contributed by atoms with Gasteiger partial charge in [-0.05, 0) is 46.0 Å². The molecule has 2 saturated heterocycles. The Morgan fingerprint density at radius 1 is 0.692 bits per heavy atom. The van der Waals surface area contributed by atoms with E-state index in [0.29, 0.717) is 0 Å². The Morgan fingerprint density at radius 3 is 1.97 bits per heavy atom. The first-order valence-electron chi connectivity index (χ1n) is 22.6. The van der Waals surface area contributed by atoms with Gasteiger partial charge in [-0.1, -0.05) is 86.8 Å². The van der Waals surface area contributed by atoms with Crippen molar-refractivity contribution >= 4 is 11.9 Å². The van der Waals surface area contributed by atoms with Gasteiger partial charge in [-0.3, -0.25) is 9.59 Å². The maximum absolute atomic E-state index is 12.6. The highest BCUT2D eigenvalue weighted by molar-refractivity contribution is 5.71. The molecule has 2 fully saturated rings. The van der Waals surface area contributed by atoms with Crippen LogP contribution in [-0.2, 0) is 28.5 Å². The first-order chi connectivity index (χ1) is 30.6. The Bertz CT molecular complexity index is 1620. The molecule has 0 radical (unpaired) electrons. The van der Waals surface area contributed by atoms with Crippen molar-refractivity contribution in [3.05, 3.63) is 72.9 Å². The monoisotopic (exact) mass is 926 g/mol. The standard InChI is InChI=1S/C47H75NO17/c1-27-17-15-13-11-9-7-5-6-8-10-12-14-16-18-34(64-46-44(58)41(48)43(57)30(4)63-46)24-38-40(45(59)60)37(54)26-47(61,65-38)25-33(51)22-36(53)35(52)20-19-31(49)21-32(50)23-39(55)62-29(3)28(2)42(27)56/h5-6,8,10-18,27-38,40-44,46,49-54,56-58,61H,7,9,19-26,48H2,1-4H3,(H,59,60)/b6-5+,10-8-,13-11-,14-12+,17-15+,18-16+. The minimum atomic E-state index is -2.32. The van der Waals surface area contributed by atoms with Gasteiger partial charge in [0.15, 0.2) is 12.1 Å². The number of hydrogen-bond acceptors (Lipinski definition) is 17. The van der Waals surface area contributed by atoms with E-state index in [2.05, 4.69) is 0 Å². The Balaban J connectivity index is 1.84. The summed E-state index contributed by atoms with van der Waals surface area (Å²) in [6.45, 7) is 6.78.